The smallest absolute Gasteiger partial charge is 0.426 e. The van der Waals surface area contributed by atoms with Gasteiger partial charge in [-0.3, -0.25) is 10.2 Å². The van der Waals surface area contributed by atoms with Crippen LogP contribution in [0, 0.1) is 0 Å². The van der Waals surface area contributed by atoms with Gasteiger partial charge < -0.3 is 14.8 Å². The predicted octanol–water partition coefficient (Wildman–Crippen LogP) is 1.86. The monoisotopic (exact) mass is 337 g/mol. The molecule has 3 N–H and O–H groups in total. The lowest BCUT2D eigenvalue weighted by Crippen LogP contribution is -2.51. The highest BCUT2D eigenvalue weighted by molar-refractivity contribution is 5.86. The van der Waals surface area contributed by atoms with Gasteiger partial charge in [-0.15, -0.1) is 0 Å². The van der Waals surface area contributed by atoms with Crippen LogP contribution in [0.15, 0.2) is 30.3 Å². The number of hydrogen-bond donors (Lipinski definition) is 3. The number of hydrazine groups is 1. The lowest BCUT2D eigenvalue weighted by molar-refractivity contribution is -0.123. The van der Waals surface area contributed by atoms with E-state index in [1.165, 1.54) is 6.92 Å². The fourth-order valence-electron chi connectivity index (χ4n) is 1.53. The average molecular weight is 337 g/mol. The van der Waals surface area contributed by atoms with Crippen molar-refractivity contribution in [1.29, 1.82) is 0 Å². The first-order valence-corrected chi connectivity index (χ1v) is 7.43. The molecule has 0 spiro atoms. The molecule has 3 amide bonds. The molecular weight excluding hydrogens is 314 g/mol. The molecule has 0 saturated heterocycles. The van der Waals surface area contributed by atoms with Crippen molar-refractivity contribution in [1.82, 2.24) is 16.2 Å². The average Bonchev–Trinajstić information content (AvgIpc) is 2.49. The summed E-state index contributed by atoms with van der Waals surface area (Å²) < 4.78 is 9.96. The van der Waals surface area contributed by atoms with E-state index in [2.05, 4.69) is 16.2 Å². The molecule has 1 aromatic carbocycles. The van der Waals surface area contributed by atoms with E-state index in [4.69, 9.17) is 9.47 Å². The molecule has 0 aromatic heterocycles. The molecular formula is C16H23N3O5. The molecule has 0 unspecified atom stereocenters. The van der Waals surface area contributed by atoms with Gasteiger partial charge in [0, 0.05) is 0 Å². The van der Waals surface area contributed by atoms with Gasteiger partial charge in [0.05, 0.1) is 0 Å². The number of amides is 3. The molecule has 0 heterocycles. The van der Waals surface area contributed by atoms with E-state index in [0.29, 0.717) is 0 Å². The van der Waals surface area contributed by atoms with Crippen LogP contribution in [0.2, 0.25) is 0 Å². The Morgan fingerprint density at radius 2 is 1.67 bits per heavy atom. The van der Waals surface area contributed by atoms with Crippen molar-refractivity contribution >= 4 is 18.1 Å². The minimum absolute atomic E-state index is 0.0776. The standard InChI is InChI=1S/C16H23N3O5/c1-11(17-14(21)24-16(2,3)4)13(20)18-19-15(22)23-10-12-8-6-5-7-9-12/h5-9,11H,10H2,1-4H3,(H,17,21)(H,18,20)(H,19,22)/t11-/m0/s1. The van der Waals surface area contributed by atoms with Gasteiger partial charge >= 0.3 is 12.2 Å². The third kappa shape index (κ3) is 8.02. The van der Waals surface area contributed by atoms with E-state index in [1.54, 1.807) is 32.9 Å². The Hall–Kier alpha value is -2.77. The first-order chi connectivity index (χ1) is 11.2. The van der Waals surface area contributed by atoms with Gasteiger partial charge in [-0.2, -0.15) is 0 Å². The molecule has 0 saturated carbocycles. The van der Waals surface area contributed by atoms with Crippen molar-refractivity contribution in [3.05, 3.63) is 35.9 Å². The Kier molecular flexibility index (Phi) is 7.03. The lowest BCUT2D eigenvalue weighted by atomic mass is 10.2. The number of nitrogens with one attached hydrogen (secondary N) is 3. The van der Waals surface area contributed by atoms with Crippen LogP contribution < -0.4 is 16.2 Å². The van der Waals surface area contributed by atoms with Gasteiger partial charge in [-0.25, -0.2) is 15.0 Å². The van der Waals surface area contributed by atoms with Crippen LogP contribution in [0.1, 0.15) is 33.3 Å². The second kappa shape index (κ2) is 8.76. The van der Waals surface area contributed by atoms with E-state index in [9.17, 15) is 14.4 Å². The quantitative estimate of drug-likeness (QED) is 0.727. The van der Waals surface area contributed by atoms with Crippen molar-refractivity contribution in [3.8, 4) is 0 Å². The zero-order valence-electron chi connectivity index (χ0n) is 14.2. The lowest BCUT2D eigenvalue weighted by Gasteiger charge is -2.21. The van der Waals surface area contributed by atoms with Gasteiger partial charge in [-0.05, 0) is 33.3 Å². The molecule has 8 nitrogen and oxygen atoms in total. The minimum atomic E-state index is -0.894. The van der Waals surface area contributed by atoms with Crippen LogP contribution in [0.5, 0.6) is 0 Å². The Morgan fingerprint density at radius 1 is 1.04 bits per heavy atom. The highest BCUT2D eigenvalue weighted by atomic mass is 16.6. The van der Waals surface area contributed by atoms with Crippen LogP contribution >= 0.6 is 0 Å². The maximum absolute atomic E-state index is 11.8. The normalized spacial score (nSPS) is 11.8. The molecule has 24 heavy (non-hydrogen) atoms. The van der Waals surface area contributed by atoms with Gasteiger partial charge in [0.2, 0.25) is 0 Å². The molecule has 1 atom stereocenters. The largest absolute Gasteiger partial charge is 0.444 e. The Bertz CT molecular complexity index is 569. The van der Waals surface area contributed by atoms with Crippen LogP contribution in [0.3, 0.4) is 0 Å². The number of benzene rings is 1. The summed E-state index contributed by atoms with van der Waals surface area (Å²) >= 11 is 0. The maximum Gasteiger partial charge on any atom is 0.426 e. The first-order valence-electron chi connectivity index (χ1n) is 7.43. The third-order valence-corrected chi connectivity index (χ3v) is 2.63. The molecule has 0 fully saturated rings. The van der Waals surface area contributed by atoms with Gasteiger partial charge in [0.15, 0.2) is 0 Å². The number of hydrogen-bond acceptors (Lipinski definition) is 5. The zero-order valence-corrected chi connectivity index (χ0v) is 14.2. The number of rotatable bonds is 4. The summed E-state index contributed by atoms with van der Waals surface area (Å²) in [5.74, 6) is -0.613. The molecule has 0 radical (unpaired) electrons. The summed E-state index contributed by atoms with van der Waals surface area (Å²) in [5.41, 5.74) is 4.41. The molecule has 0 bridgehead atoms. The van der Waals surface area contributed by atoms with Crippen molar-refractivity contribution in [2.45, 2.75) is 45.9 Å². The summed E-state index contributed by atoms with van der Waals surface area (Å²) in [4.78, 5) is 34.8. The predicted molar refractivity (Wildman–Crippen MR) is 86.7 cm³/mol. The van der Waals surface area contributed by atoms with E-state index in [-0.39, 0.29) is 6.61 Å². The second-order valence-corrected chi connectivity index (χ2v) is 6.04. The Morgan fingerprint density at radius 3 is 2.25 bits per heavy atom. The molecule has 0 aliphatic rings. The summed E-state index contributed by atoms with van der Waals surface area (Å²) in [7, 11) is 0. The van der Waals surface area contributed by atoms with Crippen LogP contribution in [0.25, 0.3) is 0 Å². The SMILES string of the molecule is C[C@H](NC(=O)OC(C)(C)C)C(=O)NNC(=O)OCc1ccccc1. The van der Waals surface area contributed by atoms with Gasteiger partial charge in [0.1, 0.15) is 18.2 Å². The second-order valence-electron chi connectivity index (χ2n) is 6.04. The number of carbonyl (C=O) groups is 3. The molecule has 0 aliphatic carbocycles. The van der Waals surface area contributed by atoms with Crippen molar-refractivity contribution < 1.29 is 23.9 Å². The van der Waals surface area contributed by atoms with Crippen molar-refractivity contribution in [2.75, 3.05) is 0 Å². The van der Waals surface area contributed by atoms with E-state index in [0.717, 1.165) is 5.56 Å². The summed E-state index contributed by atoms with van der Waals surface area (Å²) in [6, 6.07) is 8.21. The van der Waals surface area contributed by atoms with E-state index in [1.807, 2.05) is 18.2 Å². The molecule has 132 valence electrons. The fraction of sp³-hybridized carbons (Fsp3) is 0.438. The summed E-state index contributed by atoms with van der Waals surface area (Å²) in [6.45, 7) is 6.66. The molecule has 0 aliphatic heterocycles. The topological polar surface area (TPSA) is 106 Å². The van der Waals surface area contributed by atoms with Crippen LogP contribution in [-0.2, 0) is 20.9 Å². The van der Waals surface area contributed by atoms with Gasteiger partial charge in [0.25, 0.3) is 5.91 Å². The highest BCUT2D eigenvalue weighted by Gasteiger charge is 2.21. The fourth-order valence-corrected chi connectivity index (χ4v) is 1.53. The van der Waals surface area contributed by atoms with Crippen molar-refractivity contribution in [3.63, 3.8) is 0 Å². The summed E-state index contributed by atoms with van der Waals surface area (Å²) in [6.07, 6.45) is -1.53. The number of alkyl carbamates (subject to hydrolysis) is 1. The number of ether oxygens (including phenoxy) is 2. The first kappa shape index (κ1) is 19.3. The maximum atomic E-state index is 11.8. The molecule has 1 rings (SSSR count). The highest BCUT2D eigenvalue weighted by Crippen LogP contribution is 2.06. The Labute approximate surface area is 140 Å². The van der Waals surface area contributed by atoms with Crippen LogP contribution in [0.4, 0.5) is 9.59 Å². The summed E-state index contributed by atoms with van der Waals surface area (Å²) in [5, 5.41) is 2.35. The van der Waals surface area contributed by atoms with Crippen LogP contribution in [-0.4, -0.2) is 29.7 Å². The third-order valence-electron chi connectivity index (χ3n) is 2.63. The minimum Gasteiger partial charge on any atom is -0.444 e. The molecule has 8 heteroatoms. The van der Waals surface area contributed by atoms with E-state index >= 15 is 0 Å². The zero-order chi connectivity index (χ0) is 18.2. The molecule has 1 aromatic rings. The Balaban J connectivity index is 2.29. The van der Waals surface area contributed by atoms with Gasteiger partial charge in [-0.1, -0.05) is 30.3 Å². The number of carbonyl (C=O) groups excluding carboxylic acids is 3. The van der Waals surface area contributed by atoms with E-state index < -0.39 is 29.7 Å². The van der Waals surface area contributed by atoms with Crippen molar-refractivity contribution in [2.24, 2.45) is 0 Å².